The molecule has 6 rings (SSSR count). The van der Waals surface area contributed by atoms with Gasteiger partial charge in [-0.3, -0.25) is 14.3 Å². The van der Waals surface area contributed by atoms with Crippen molar-refractivity contribution in [2.24, 2.45) is 13.0 Å². The van der Waals surface area contributed by atoms with Crippen LogP contribution in [0.1, 0.15) is 23.3 Å². The highest BCUT2D eigenvalue weighted by atomic mass is 32.1. The lowest BCUT2D eigenvalue weighted by molar-refractivity contribution is 0.0499. The average molecular weight is 550 g/mol. The van der Waals surface area contributed by atoms with Crippen LogP contribution >= 0.6 is 11.3 Å². The van der Waals surface area contributed by atoms with E-state index >= 15 is 0 Å². The van der Waals surface area contributed by atoms with Gasteiger partial charge in [-0.1, -0.05) is 6.07 Å². The zero-order valence-electron chi connectivity index (χ0n) is 21.8. The van der Waals surface area contributed by atoms with Crippen molar-refractivity contribution in [2.75, 3.05) is 56.2 Å². The smallest absolute Gasteiger partial charge is 0.335 e. The van der Waals surface area contributed by atoms with Crippen molar-refractivity contribution in [3.63, 3.8) is 0 Å². The zero-order chi connectivity index (χ0) is 26.8. The number of thiazole rings is 1. The number of carbonyl (C=O) groups excluding carboxylic acids is 1. The van der Waals surface area contributed by atoms with Crippen LogP contribution in [-0.4, -0.2) is 71.0 Å². The van der Waals surface area contributed by atoms with Crippen molar-refractivity contribution in [1.82, 2.24) is 24.4 Å². The maximum atomic E-state index is 13.3. The van der Waals surface area contributed by atoms with Crippen molar-refractivity contribution in [3.05, 3.63) is 58.2 Å². The van der Waals surface area contributed by atoms with Crippen LogP contribution in [-0.2, 0) is 11.8 Å². The highest BCUT2D eigenvalue weighted by Crippen LogP contribution is 2.29. The number of fused-ring (bicyclic) bond motifs is 1. The largest absolute Gasteiger partial charge is 0.491 e. The third kappa shape index (κ3) is 5.14. The number of pyridine rings is 1. The second-order valence-corrected chi connectivity index (χ2v) is 10.6. The summed E-state index contributed by atoms with van der Waals surface area (Å²) in [5, 5.41) is 8.39. The first-order valence-electron chi connectivity index (χ1n) is 13.2. The van der Waals surface area contributed by atoms with Gasteiger partial charge in [0.25, 0.3) is 5.91 Å². The summed E-state index contributed by atoms with van der Waals surface area (Å²) in [6.07, 6.45) is 5.31. The molecule has 0 atom stereocenters. The van der Waals surface area contributed by atoms with Crippen LogP contribution in [0.15, 0.2) is 46.8 Å². The molecular weight excluding hydrogens is 518 g/mol. The number of anilines is 2. The summed E-state index contributed by atoms with van der Waals surface area (Å²) in [6.45, 7) is 5.54. The monoisotopic (exact) mass is 549 g/mol. The molecule has 0 bridgehead atoms. The van der Waals surface area contributed by atoms with E-state index in [0.29, 0.717) is 40.1 Å². The number of hydrogen-bond donors (Lipinski definition) is 2. The van der Waals surface area contributed by atoms with E-state index in [2.05, 4.69) is 25.5 Å². The van der Waals surface area contributed by atoms with Crippen molar-refractivity contribution in [1.29, 1.82) is 0 Å². The molecule has 2 N–H and O–H groups in total. The van der Waals surface area contributed by atoms with E-state index in [1.807, 2.05) is 24.3 Å². The van der Waals surface area contributed by atoms with Crippen LogP contribution in [0.25, 0.3) is 16.2 Å². The number of aromatic nitrogens is 4. The molecule has 2 aliphatic rings. The molecule has 4 aromatic rings. The SMILES string of the molecule is Cn1c(=O)n(-c2nc(C(=O)Nc3cnccc3N3CCNCC3)cs2)c2cccc(OCC3CCOCC3)c21. The molecule has 204 valence electrons. The van der Waals surface area contributed by atoms with Gasteiger partial charge < -0.3 is 25.0 Å². The molecule has 0 spiro atoms. The van der Waals surface area contributed by atoms with E-state index in [9.17, 15) is 9.59 Å². The number of rotatable bonds is 7. The van der Waals surface area contributed by atoms with E-state index in [1.54, 1.807) is 29.4 Å². The van der Waals surface area contributed by atoms with Gasteiger partial charge in [0.1, 0.15) is 17.0 Å². The van der Waals surface area contributed by atoms with Gasteiger partial charge in [0.05, 0.1) is 29.7 Å². The highest BCUT2D eigenvalue weighted by Gasteiger charge is 2.22. The Morgan fingerprint density at radius 2 is 2.05 bits per heavy atom. The fourth-order valence-corrected chi connectivity index (χ4v) is 5.93. The van der Waals surface area contributed by atoms with E-state index in [0.717, 1.165) is 57.9 Å². The van der Waals surface area contributed by atoms with Crippen LogP contribution < -0.4 is 26.0 Å². The predicted molar refractivity (Wildman–Crippen MR) is 150 cm³/mol. The van der Waals surface area contributed by atoms with E-state index < -0.39 is 0 Å². The Labute approximate surface area is 229 Å². The maximum Gasteiger partial charge on any atom is 0.335 e. The average Bonchev–Trinajstić information content (AvgIpc) is 3.56. The molecule has 0 unspecified atom stereocenters. The van der Waals surface area contributed by atoms with Gasteiger partial charge in [0.2, 0.25) is 0 Å². The summed E-state index contributed by atoms with van der Waals surface area (Å²) in [5.74, 6) is 0.736. The number of nitrogens with one attached hydrogen (secondary N) is 2. The lowest BCUT2D eigenvalue weighted by Gasteiger charge is -2.30. The zero-order valence-corrected chi connectivity index (χ0v) is 22.6. The van der Waals surface area contributed by atoms with Crippen molar-refractivity contribution in [2.45, 2.75) is 12.8 Å². The number of aryl methyl sites for hydroxylation is 1. The first-order valence-corrected chi connectivity index (χ1v) is 14.1. The lowest BCUT2D eigenvalue weighted by atomic mass is 10.0. The summed E-state index contributed by atoms with van der Waals surface area (Å²) in [7, 11) is 1.73. The maximum absolute atomic E-state index is 13.3. The normalized spacial score (nSPS) is 16.5. The van der Waals surface area contributed by atoms with Gasteiger partial charge in [0.15, 0.2) is 5.13 Å². The molecule has 3 aromatic heterocycles. The molecule has 12 heteroatoms. The fourth-order valence-electron chi connectivity index (χ4n) is 5.12. The minimum atomic E-state index is -0.351. The van der Waals surface area contributed by atoms with Gasteiger partial charge >= 0.3 is 5.69 Å². The predicted octanol–water partition coefficient (Wildman–Crippen LogP) is 2.65. The van der Waals surface area contributed by atoms with Gasteiger partial charge in [-0.05, 0) is 37.0 Å². The topological polar surface area (TPSA) is 116 Å². The third-order valence-corrected chi connectivity index (χ3v) is 8.09. The molecule has 2 saturated heterocycles. The molecule has 2 fully saturated rings. The molecule has 39 heavy (non-hydrogen) atoms. The van der Waals surface area contributed by atoms with E-state index in [4.69, 9.17) is 9.47 Å². The molecule has 1 aromatic carbocycles. The van der Waals surface area contributed by atoms with Crippen molar-refractivity contribution < 1.29 is 14.3 Å². The van der Waals surface area contributed by atoms with Gasteiger partial charge in [0, 0.05) is 58.0 Å². The second-order valence-electron chi connectivity index (χ2n) is 9.77. The van der Waals surface area contributed by atoms with E-state index in [-0.39, 0.29) is 17.3 Å². The fraction of sp³-hybridized carbons (Fsp3) is 0.407. The van der Waals surface area contributed by atoms with Gasteiger partial charge in [-0.2, -0.15) is 0 Å². The summed E-state index contributed by atoms with van der Waals surface area (Å²) in [6, 6.07) is 7.54. The molecule has 2 aliphatic heterocycles. The van der Waals surface area contributed by atoms with Crippen LogP contribution in [0.2, 0.25) is 0 Å². The molecule has 0 saturated carbocycles. The van der Waals surface area contributed by atoms with Crippen LogP contribution in [0.5, 0.6) is 5.75 Å². The van der Waals surface area contributed by atoms with Crippen molar-refractivity contribution >= 4 is 39.7 Å². The number of para-hydroxylation sites is 1. The Morgan fingerprint density at radius 3 is 2.87 bits per heavy atom. The van der Waals surface area contributed by atoms with Gasteiger partial charge in [-0.25, -0.2) is 14.3 Å². The first kappa shape index (κ1) is 25.5. The number of hydrogen-bond acceptors (Lipinski definition) is 9. The number of piperazine rings is 1. The van der Waals surface area contributed by atoms with E-state index in [1.165, 1.54) is 15.9 Å². The molecular formula is C27H31N7O4S. The summed E-state index contributed by atoms with van der Waals surface area (Å²) >= 11 is 1.25. The Hall–Kier alpha value is -3.74. The molecule has 1 amide bonds. The van der Waals surface area contributed by atoms with Gasteiger partial charge in [-0.15, -0.1) is 11.3 Å². The number of imidazole rings is 1. The Balaban J connectivity index is 1.25. The standard InChI is InChI=1S/C27H31N7O4S/c1-32-24-22(3-2-4-23(24)38-16-18-6-13-37-14-7-18)34(27(32)36)26-31-20(17-39-26)25(35)30-19-15-29-8-5-21(19)33-11-9-28-10-12-33/h2-5,8,15,17-18,28H,6-7,9-14,16H2,1H3,(H,30,35). The minimum absolute atomic E-state index is 0.237. The lowest BCUT2D eigenvalue weighted by Crippen LogP contribution is -2.43. The van der Waals surface area contributed by atoms with Crippen LogP contribution in [0, 0.1) is 5.92 Å². The molecule has 11 nitrogen and oxygen atoms in total. The molecule has 0 radical (unpaired) electrons. The number of carbonyl (C=O) groups is 1. The summed E-state index contributed by atoms with van der Waals surface area (Å²) in [5.41, 5.74) is 2.93. The summed E-state index contributed by atoms with van der Waals surface area (Å²) in [4.78, 5) is 37.5. The quantitative estimate of drug-likeness (QED) is 0.362. The van der Waals surface area contributed by atoms with Crippen molar-refractivity contribution in [3.8, 4) is 10.9 Å². The third-order valence-electron chi connectivity index (χ3n) is 7.27. The highest BCUT2D eigenvalue weighted by molar-refractivity contribution is 7.12. The molecule has 0 aliphatic carbocycles. The Morgan fingerprint density at radius 1 is 1.23 bits per heavy atom. The Bertz CT molecular complexity index is 1530. The number of benzene rings is 1. The molecule has 5 heterocycles. The second kappa shape index (κ2) is 11.2. The minimum Gasteiger partial charge on any atom is -0.491 e. The van der Waals surface area contributed by atoms with Crippen LogP contribution in [0.4, 0.5) is 11.4 Å². The number of ether oxygens (including phenoxy) is 2. The van der Waals surface area contributed by atoms with Crippen LogP contribution in [0.3, 0.4) is 0 Å². The summed E-state index contributed by atoms with van der Waals surface area (Å²) < 4.78 is 14.8. The Kier molecular flexibility index (Phi) is 7.31. The number of amides is 1. The first-order chi connectivity index (χ1) is 19.1. The number of nitrogens with zero attached hydrogens (tertiary/aromatic N) is 5.